The van der Waals surface area contributed by atoms with Crippen LogP contribution in [0.2, 0.25) is 0 Å². The van der Waals surface area contributed by atoms with Crippen molar-refractivity contribution in [2.45, 2.75) is 110 Å². The fourth-order valence-electron chi connectivity index (χ4n) is 11.6. The van der Waals surface area contributed by atoms with Crippen LogP contribution in [-0.4, -0.2) is 91.6 Å². The van der Waals surface area contributed by atoms with E-state index in [2.05, 4.69) is 31.4 Å². The molecule has 0 N–H and O–H groups in total. The number of hydrogen-bond acceptors (Lipinski definition) is 6. The lowest BCUT2D eigenvalue weighted by molar-refractivity contribution is -0.937. The van der Waals surface area contributed by atoms with Gasteiger partial charge < -0.3 is 18.7 Å². The summed E-state index contributed by atoms with van der Waals surface area (Å²) in [4.78, 5) is 27.3. The predicted octanol–water partition coefficient (Wildman–Crippen LogP) is 4.98. The van der Waals surface area contributed by atoms with Crippen LogP contribution >= 0.6 is 0 Å². The number of likely N-dealkylation sites (tertiary alicyclic amines) is 1. The molecule has 4 saturated carbocycles. The highest BCUT2D eigenvalue weighted by atomic mass is 16.5. The topological polar surface area (TPSA) is 65.1 Å². The van der Waals surface area contributed by atoms with Gasteiger partial charge in [0.1, 0.15) is 12.1 Å². The summed E-state index contributed by atoms with van der Waals surface area (Å²) >= 11 is 0. The molecule has 0 bridgehead atoms. The first kappa shape index (κ1) is 29.6. The summed E-state index contributed by atoms with van der Waals surface area (Å²) in [7, 11) is 0. The minimum absolute atomic E-state index is 0.00432. The van der Waals surface area contributed by atoms with E-state index in [1.165, 1.54) is 51.6 Å². The monoisotopic (exact) mass is 571 g/mol. The number of morpholine rings is 1. The second-order valence-corrected chi connectivity index (χ2v) is 15.2. The van der Waals surface area contributed by atoms with Crippen molar-refractivity contribution >= 4 is 11.9 Å². The van der Waals surface area contributed by atoms with Gasteiger partial charge in [0.25, 0.3) is 0 Å². The number of ether oxygens (including phenoxy) is 3. The lowest BCUT2D eigenvalue weighted by atomic mass is 9.44. The van der Waals surface area contributed by atoms with Gasteiger partial charge in [-0.1, -0.05) is 20.4 Å². The molecule has 0 aromatic heterocycles. The molecule has 7 nitrogen and oxygen atoms in total. The second kappa shape index (κ2) is 11.2. The van der Waals surface area contributed by atoms with Crippen LogP contribution in [0.25, 0.3) is 0 Å². The van der Waals surface area contributed by atoms with Crippen molar-refractivity contribution in [1.29, 1.82) is 0 Å². The molecule has 0 spiro atoms. The van der Waals surface area contributed by atoms with E-state index < -0.39 is 0 Å². The molecule has 6 fully saturated rings. The molecule has 4 aliphatic carbocycles. The van der Waals surface area contributed by atoms with Gasteiger partial charge in [-0.05, 0) is 73.7 Å². The Kier molecular flexibility index (Phi) is 8.12. The number of nitrogens with zero attached hydrogens (tertiary/aromatic N) is 2. The van der Waals surface area contributed by atoms with Gasteiger partial charge in [-0.3, -0.25) is 14.5 Å². The van der Waals surface area contributed by atoms with Crippen molar-refractivity contribution in [3.8, 4) is 0 Å². The smallest absolute Gasteiger partial charge is 0.303 e. The fourth-order valence-corrected chi connectivity index (χ4v) is 11.6. The summed E-state index contributed by atoms with van der Waals surface area (Å²) in [6, 6.07) is 0.645. The van der Waals surface area contributed by atoms with Gasteiger partial charge >= 0.3 is 11.9 Å². The SMILES string of the molecule is C=CC[N+]1(C2C[C@H]3[C@@H]4CCC5CC(OC(C)=O)C(N6CCOCC6)C[C@]5(C)[C@@H]4CC[C@]3(C)C2OC(C)=O)CCCC1. The number of hydrogen-bond donors (Lipinski definition) is 0. The molecule has 0 aromatic carbocycles. The van der Waals surface area contributed by atoms with Gasteiger partial charge in [-0.2, -0.15) is 0 Å². The van der Waals surface area contributed by atoms with Gasteiger partial charge in [0, 0.05) is 57.7 Å². The number of esters is 2. The molecule has 7 heteroatoms. The quantitative estimate of drug-likeness (QED) is 0.255. The van der Waals surface area contributed by atoms with Crippen LogP contribution < -0.4 is 0 Å². The van der Waals surface area contributed by atoms with E-state index in [1.807, 2.05) is 0 Å². The Morgan fingerprint density at radius 1 is 0.976 bits per heavy atom. The van der Waals surface area contributed by atoms with E-state index in [9.17, 15) is 9.59 Å². The minimum atomic E-state index is -0.147. The van der Waals surface area contributed by atoms with Crippen molar-refractivity contribution in [3.63, 3.8) is 0 Å². The molecule has 6 aliphatic rings. The maximum absolute atomic E-state index is 12.6. The number of carbonyl (C=O) groups is 2. The molecular weight excluding hydrogens is 516 g/mol. The lowest BCUT2D eigenvalue weighted by Crippen LogP contribution is -2.62. The minimum Gasteiger partial charge on any atom is -0.461 e. The Labute approximate surface area is 247 Å². The lowest BCUT2D eigenvalue weighted by Gasteiger charge is -2.62. The summed E-state index contributed by atoms with van der Waals surface area (Å²) in [5, 5.41) is 0. The third kappa shape index (κ3) is 5.00. The summed E-state index contributed by atoms with van der Waals surface area (Å²) in [5.74, 6) is 2.25. The zero-order chi connectivity index (χ0) is 29.0. The third-order valence-corrected chi connectivity index (χ3v) is 13.4. The van der Waals surface area contributed by atoms with E-state index in [0.29, 0.717) is 29.7 Å². The molecule has 5 unspecified atom stereocenters. The van der Waals surface area contributed by atoms with E-state index in [4.69, 9.17) is 14.2 Å². The highest BCUT2D eigenvalue weighted by Crippen LogP contribution is 2.67. The van der Waals surface area contributed by atoms with Crippen LogP contribution in [0.15, 0.2) is 12.7 Å². The second-order valence-electron chi connectivity index (χ2n) is 15.2. The number of fused-ring (bicyclic) bond motifs is 5. The molecule has 2 saturated heterocycles. The Bertz CT molecular complexity index is 1010. The molecule has 230 valence electrons. The molecule has 10 atom stereocenters. The standard InChI is InChI=1S/C34H55N2O5/c1-6-15-36(16-7-8-17-36)30-21-28-26-10-9-25-20-31(40-23(2)37)29(35-13-18-39-19-14-35)22-34(25,5)27(26)11-12-33(28,4)32(30)41-24(3)38/h6,25-32H,1,7-22H2,2-5H3/q+1/t25?,26-,27-,28+,29?,30?,31?,32?,33+,34+/m1/s1. The molecule has 2 aliphatic heterocycles. The van der Waals surface area contributed by atoms with Crippen molar-refractivity contribution in [2.75, 3.05) is 45.9 Å². The normalized spacial score (nSPS) is 45.7. The van der Waals surface area contributed by atoms with Gasteiger partial charge in [0.2, 0.25) is 0 Å². The maximum atomic E-state index is 12.6. The Morgan fingerprint density at radius 2 is 1.68 bits per heavy atom. The van der Waals surface area contributed by atoms with E-state index in [1.54, 1.807) is 13.8 Å². The average Bonchev–Trinajstić information content (AvgIpc) is 3.52. The molecule has 0 aromatic rings. The Hall–Kier alpha value is -1.44. The van der Waals surface area contributed by atoms with Gasteiger partial charge in [-0.15, -0.1) is 0 Å². The molecular formula is C34H55N2O5+. The van der Waals surface area contributed by atoms with Gasteiger partial charge in [-0.25, -0.2) is 0 Å². The van der Waals surface area contributed by atoms with Crippen LogP contribution in [0.4, 0.5) is 0 Å². The van der Waals surface area contributed by atoms with Crippen molar-refractivity contribution < 1.29 is 28.3 Å². The first-order valence-corrected chi connectivity index (χ1v) is 16.7. The average molecular weight is 572 g/mol. The van der Waals surface area contributed by atoms with Crippen molar-refractivity contribution in [3.05, 3.63) is 12.7 Å². The fraction of sp³-hybridized carbons (Fsp3) is 0.882. The van der Waals surface area contributed by atoms with Crippen LogP contribution in [0.5, 0.6) is 0 Å². The first-order chi connectivity index (χ1) is 19.6. The van der Waals surface area contributed by atoms with Crippen LogP contribution in [0.1, 0.15) is 85.5 Å². The highest BCUT2D eigenvalue weighted by molar-refractivity contribution is 5.66. The Morgan fingerprint density at radius 3 is 2.34 bits per heavy atom. The van der Waals surface area contributed by atoms with Crippen molar-refractivity contribution in [2.24, 2.45) is 34.5 Å². The Balaban J connectivity index is 1.30. The summed E-state index contributed by atoms with van der Waals surface area (Å²) in [6.45, 7) is 19.1. The number of rotatable bonds is 6. The molecule has 41 heavy (non-hydrogen) atoms. The summed E-state index contributed by atoms with van der Waals surface area (Å²) in [6.07, 6.45) is 12.7. The van der Waals surface area contributed by atoms with Crippen LogP contribution in [0.3, 0.4) is 0 Å². The zero-order valence-electron chi connectivity index (χ0n) is 26.2. The molecule has 2 heterocycles. The van der Waals surface area contributed by atoms with Crippen LogP contribution in [-0.2, 0) is 23.8 Å². The largest absolute Gasteiger partial charge is 0.461 e. The third-order valence-electron chi connectivity index (χ3n) is 13.4. The zero-order valence-corrected chi connectivity index (χ0v) is 26.2. The van der Waals surface area contributed by atoms with Crippen molar-refractivity contribution in [1.82, 2.24) is 4.90 Å². The molecule has 0 amide bonds. The van der Waals surface area contributed by atoms with E-state index in [-0.39, 0.29) is 41.0 Å². The summed E-state index contributed by atoms with van der Waals surface area (Å²) < 4.78 is 19.2. The van der Waals surface area contributed by atoms with Gasteiger partial charge in [0.05, 0.1) is 32.8 Å². The maximum Gasteiger partial charge on any atom is 0.303 e. The van der Waals surface area contributed by atoms with Gasteiger partial charge in [0.15, 0.2) is 6.10 Å². The molecule has 0 radical (unpaired) electrons. The van der Waals surface area contributed by atoms with Crippen LogP contribution in [0, 0.1) is 34.5 Å². The number of quaternary nitrogens is 1. The molecule has 6 rings (SSSR count). The first-order valence-electron chi connectivity index (χ1n) is 16.7. The van der Waals surface area contributed by atoms with E-state index >= 15 is 0 Å². The van der Waals surface area contributed by atoms with E-state index in [0.717, 1.165) is 56.6 Å². The predicted molar refractivity (Wildman–Crippen MR) is 158 cm³/mol. The number of carbonyl (C=O) groups excluding carboxylic acids is 2. The summed E-state index contributed by atoms with van der Waals surface area (Å²) in [5.41, 5.74) is 0.272. The highest BCUT2D eigenvalue weighted by Gasteiger charge is 2.67.